The fourth-order valence-electron chi connectivity index (χ4n) is 1.53. The Kier molecular flexibility index (Phi) is 5.19. The zero-order chi connectivity index (χ0) is 11.1. The molecule has 1 amide bonds. The van der Waals surface area contributed by atoms with Gasteiger partial charge in [-0.05, 0) is 12.0 Å². The third kappa shape index (κ3) is 3.92. The zero-order valence-electron chi connectivity index (χ0n) is 8.87. The van der Waals surface area contributed by atoms with Gasteiger partial charge in [0.2, 0.25) is 5.91 Å². The Balaban J connectivity index is 2.70. The molecule has 1 aromatic rings. The summed E-state index contributed by atoms with van der Waals surface area (Å²) in [4.78, 5) is 11.2. The van der Waals surface area contributed by atoms with Crippen molar-refractivity contribution in [1.82, 2.24) is 5.32 Å². The number of nitrogens with one attached hydrogen (secondary N) is 1. The molecule has 1 N–H and O–H groups in total. The van der Waals surface area contributed by atoms with Gasteiger partial charge in [0.15, 0.2) is 0 Å². The van der Waals surface area contributed by atoms with E-state index < -0.39 is 0 Å². The number of carbonyl (C=O) groups excluding carboxylic acids is 1. The second-order valence-electron chi connectivity index (χ2n) is 3.45. The Morgan fingerprint density at radius 2 is 2.07 bits per heavy atom. The topological polar surface area (TPSA) is 29.1 Å². The van der Waals surface area contributed by atoms with E-state index in [9.17, 15) is 4.79 Å². The van der Waals surface area contributed by atoms with Gasteiger partial charge >= 0.3 is 0 Å². The van der Waals surface area contributed by atoms with Gasteiger partial charge in [0.05, 0.1) is 6.04 Å². The zero-order valence-corrected chi connectivity index (χ0v) is 9.63. The van der Waals surface area contributed by atoms with Gasteiger partial charge in [-0.3, -0.25) is 4.79 Å². The molecule has 3 heteroatoms. The molecule has 0 bridgehead atoms. The van der Waals surface area contributed by atoms with Crippen LogP contribution < -0.4 is 5.32 Å². The van der Waals surface area contributed by atoms with E-state index in [2.05, 4.69) is 12.2 Å². The lowest BCUT2D eigenvalue weighted by Gasteiger charge is -2.17. The van der Waals surface area contributed by atoms with Crippen molar-refractivity contribution in [3.05, 3.63) is 35.9 Å². The van der Waals surface area contributed by atoms with E-state index in [0.717, 1.165) is 18.4 Å². The third-order valence-electron chi connectivity index (χ3n) is 2.24. The van der Waals surface area contributed by atoms with E-state index in [-0.39, 0.29) is 17.8 Å². The summed E-state index contributed by atoms with van der Waals surface area (Å²) in [6.07, 6.45) is 1.97. The molecule has 15 heavy (non-hydrogen) atoms. The van der Waals surface area contributed by atoms with Crippen molar-refractivity contribution >= 4 is 17.5 Å². The van der Waals surface area contributed by atoms with Crippen LogP contribution in [0.15, 0.2) is 30.3 Å². The van der Waals surface area contributed by atoms with Gasteiger partial charge < -0.3 is 5.32 Å². The van der Waals surface area contributed by atoms with E-state index in [1.54, 1.807) is 0 Å². The van der Waals surface area contributed by atoms with Gasteiger partial charge in [-0.15, -0.1) is 11.6 Å². The Morgan fingerprint density at radius 3 is 2.60 bits per heavy atom. The minimum atomic E-state index is -0.112. The molecule has 0 saturated carbocycles. The largest absolute Gasteiger partial charge is 0.348 e. The second kappa shape index (κ2) is 6.46. The van der Waals surface area contributed by atoms with Crippen molar-refractivity contribution in [2.45, 2.75) is 25.8 Å². The quantitative estimate of drug-likeness (QED) is 0.768. The Morgan fingerprint density at radius 1 is 1.40 bits per heavy atom. The molecule has 0 aliphatic rings. The minimum absolute atomic E-state index is 0.0209. The summed E-state index contributed by atoms with van der Waals surface area (Å²) < 4.78 is 0. The molecule has 0 heterocycles. The second-order valence-corrected chi connectivity index (χ2v) is 3.72. The maximum atomic E-state index is 11.2. The molecular weight excluding hydrogens is 210 g/mol. The van der Waals surface area contributed by atoms with Gasteiger partial charge in [-0.2, -0.15) is 0 Å². The van der Waals surface area contributed by atoms with Crippen molar-refractivity contribution in [2.24, 2.45) is 0 Å². The normalized spacial score (nSPS) is 12.1. The Bertz CT molecular complexity index is 300. The van der Waals surface area contributed by atoms with Crippen molar-refractivity contribution in [3.63, 3.8) is 0 Å². The van der Waals surface area contributed by atoms with Crippen LogP contribution in [-0.2, 0) is 4.79 Å². The van der Waals surface area contributed by atoms with E-state index in [1.165, 1.54) is 0 Å². The lowest BCUT2D eigenvalue weighted by molar-refractivity contribution is -0.119. The average molecular weight is 226 g/mol. The average Bonchev–Trinajstić information content (AvgIpc) is 2.29. The summed E-state index contributed by atoms with van der Waals surface area (Å²) in [6, 6.07) is 10.1. The number of rotatable bonds is 5. The van der Waals surface area contributed by atoms with Crippen LogP contribution in [0.3, 0.4) is 0 Å². The number of benzene rings is 1. The summed E-state index contributed by atoms with van der Waals surface area (Å²) in [6.45, 7) is 2.10. The molecule has 0 fully saturated rings. The number of alkyl halides is 1. The highest BCUT2D eigenvalue weighted by molar-refractivity contribution is 6.27. The first-order valence-electron chi connectivity index (χ1n) is 5.18. The van der Waals surface area contributed by atoms with Crippen LogP contribution in [0.1, 0.15) is 31.4 Å². The monoisotopic (exact) mass is 225 g/mol. The first-order chi connectivity index (χ1) is 7.27. The highest BCUT2D eigenvalue weighted by Gasteiger charge is 2.12. The van der Waals surface area contributed by atoms with Crippen LogP contribution in [0.5, 0.6) is 0 Å². The summed E-state index contributed by atoms with van der Waals surface area (Å²) in [7, 11) is 0. The molecule has 0 spiro atoms. The molecule has 0 saturated heterocycles. The third-order valence-corrected chi connectivity index (χ3v) is 2.48. The molecule has 2 nitrogen and oxygen atoms in total. The van der Waals surface area contributed by atoms with Crippen LogP contribution in [0.2, 0.25) is 0 Å². The standard InChI is InChI=1S/C12H16ClNO/c1-2-6-11(14-12(15)9-13)10-7-4-3-5-8-10/h3-5,7-8,11H,2,6,9H2,1H3,(H,14,15)/t11-/m1/s1. The van der Waals surface area contributed by atoms with Crippen molar-refractivity contribution in [2.75, 3.05) is 5.88 Å². The van der Waals surface area contributed by atoms with Gasteiger partial charge in [0.25, 0.3) is 0 Å². The summed E-state index contributed by atoms with van der Waals surface area (Å²) in [5, 5.41) is 2.91. The van der Waals surface area contributed by atoms with E-state index in [4.69, 9.17) is 11.6 Å². The Hall–Kier alpha value is -1.02. The predicted molar refractivity (Wildman–Crippen MR) is 63.0 cm³/mol. The minimum Gasteiger partial charge on any atom is -0.348 e. The molecule has 0 aromatic heterocycles. The number of halogens is 1. The summed E-state index contributed by atoms with van der Waals surface area (Å²) in [5.74, 6) is -0.0912. The molecule has 82 valence electrons. The van der Waals surface area contributed by atoms with Gasteiger partial charge in [0.1, 0.15) is 5.88 Å². The molecule has 1 aromatic carbocycles. The molecule has 1 rings (SSSR count). The molecule has 1 atom stereocenters. The summed E-state index contributed by atoms with van der Waals surface area (Å²) in [5.41, 5.74) is 1.14. The van der Waals surface area contributed by atoms with E-state index in [1.807, 2.05) is 30.3 Å². The summed E-state index contributed by atoms with van der Waals surface area (Å²) >= 11 is 5.47. The lowest BCUT2D eigenvalue weighted by atomic mass is 10.0. The molecule has 0 radical (unpaired) electrons. The molecular formula is C12H16ClNO. The highest BCUT2D eigenvalue weighted by atomic mass is 35.5. The number of hydrogen-bond donors (Lipinski definition) is 1. The highest BCUT2D eigenvalue weighted by Crippen LogP contribution is 2.17. The Labute approximate surface area is 95.6 Å². The maximum Gasteiger partial charge on any atom is 0.235 e. The molecule has 0 aliphatic heterocycles. The van der Waals surface area contributed by atoms with E-state index >= 15 is 0 Å². The number of hydrogen-bond acceptors (Lipinski definition) is 1. The van der Waals surface area contributed by atoms with Crippen LogP contribution in [0.4, 0.5) is 0 Å². The van der Waals surface area contributed by atoms with Gasteiger partial charge in [-0.1, -0.05) is 43.7 Å². The van der Waals surface area contributed by atoms with Crippen LogP contribution in [0.25, 0.3) is 0 Å². The van der Waals surface area contributed by atoms with E-state index in [0.29, 0.717) is 0 Å². The SMILES string of the molecule is CCC[C@@H](NC(=O)CCl)c1ccccc1. The van der Waals surface area contributed by atoms with Crippen molar-refractivity contribution < 1.29 is 4.79 Å². The predicted octanol–water partition coefficient (Wildman–Crippen LogP) is 2.88. The van der Waals surface area contributed by atoms with Crippen molar-refractivity contribution in [3.8, 4) is 0 Å². The first-order valence-corrected chi connectivity index (χ1v) is 5.71. The van der Waals surface area contributed by atoms with Crippen LogP contribution >= 0.6 is 11.6 Å². The molecule has 0 aliphatic carbocycles. The molecule has 0 unspecified atom stereocenters. The fraction of sp³-hybridized carbons (Fsp3) is 0.417. The lowest BCUT2D eigenvalue weighted by Crippen LogP contribution is -2.29. The van der Waals surface area contributed by atoms with Crippen LogP contribution in [0, 0.1) is 0 Å². The van der Waals surface area contributed by atoms with Gasteiger partial charge in [-0.25, -0.2) is 0 Å². The number of carbonyl (C=O) groups is 1. The van der Waals surface area contributed by atoms with Crippen LogP contribution in [-0.4, -0.2) is 11.8 Å². The maximum absolute atomic E-state index is 11.2. The number of amides is 1. The van der Waals surface area contributed by atoms with Crippen molar-refractivity contribution in [1.29, 1.82) is 0 Å². The first kappa shape index (κ1) is 12.1. The van der Waals surface area contributed by atoms with Gasteiger partial charge in [0, 0.05) is 0 Å². The fourth-order valence-corrected chi connectivity index (χ4v) is 1.61. The smallest absolute Gasteiger partial charge is 0.235 e.